The quantitative estimate of drug-likeness (QED) is 0.816. The summed E-state index contributed by atoms with van der Waals surface area (Å²) < 4.78 is 8.28. The van der Waals surface area contributed by atoms with Crippen LogP contribution < -0.4 is 0 Å². The highest BCUT2D eigenvalue weighted by molar-refractivity contribution is 7.09. The average Bonchev–Trinajstić information content (AvgIpc) is 3.17. The minimum absolute atomic E-state index is 0.525. The van der Waals surface area contributed by atoms with Crippen molar-refractivity contribution in [3.8, 4) is 0 Å². The molecule has 1 atom stereocenters. The van der Waals surface area contributed by atoms with Crippen LogP contribution in [0.15, 0.2) is 18.0 Å². The Morgan fingerprint density at radius 3 is 2.91 bits per heavy atom. The molecule has 0 saturated heterocycles. The second kappa shape index (κ2) is 6.71. The molecule has 0 radical (unpaired) electrons. The van der Waals surface area contributed by atoms with Gasteiger partial charge in [0.05, 0.1) is 29.8 Å². The Morgan fingerprint density at radius 2 is 2.13 bits per heavy atom. The van der Waals surface area contributed by atoms with E-state index in [-0.39, 0.29) is 0 Å². The molecule has 6 heteroatoms. The average molecular weight is 332 g/mol. The highest BCUT2D eigenvalue weighted by Crippen LogP contribution is 2.29. The zero-order chi connectivity index (χ0) is 15.6. The number of hydrogen-bond acceptors (Lipinski definition) is 5. The first kappa shape index (κ1) is 15.3. The number of ether oxygens (including phenoxy) is 1. The fraction of sp³-hybridized carbons (Fsp3) is 0.647. The predicted molar refractivity (Wildman–Crippen MR) is 90.2 cm³/mol. The van der Waals surface area contributed by atoms with Crippen molar-refractivity contribution in [3.05, 3.63) is 34.3 Å². The van der Waals surface area contributed by atoms with Gasteiger partial charge in [0.25, 0.3) is 0 Å². The molecule has 1 saturated carbocycles. The van der Waals surface area contributed by atoms with E-state index in [1.807, 2.05) is 18.0 Å². The molecular formula is C17H24N4OS. The van der Waals surface area contributed by atoms with E-state index in [9.17, 15) is 0 Å². The first-order chi connectivity index (χ1) is 11.3. The van der Waals surface area contributed by atoms with Crippen molar-refractivity contribution in [2.24, 2.45) is 11.8 Å². The van der Waals surface area contributed by atoms with Crippen LogP contribution in [0.4, 0.5) is 0 Å². The van der Waals surface area contributed by atoms with Gasteiger partial charge in [-0.15, -0.1) is 11.3 Å². The molecular weight excluding hydrogens is 308 g/mol. The SMILES string of the molecule is Cc1ncsc1CN1Cc2cncn2CC(COCC2CC2)C1. The highest BCUT2D eigenvalue weighted by Gasteiger charge is 2.25. The lowest BCUT2D eigenvalue weighted by Gasteiger charge is -2.23. The molecule has 5 nitrogen and oxygen atoms in total. The summed E-state index contributed by atoms with van der Waals surface area (Å²) in [6, 6.07) is 0. The molecule has 1 aliphatic heterocycles. The predicted octanol–water partition coefficient (Wildman–Crippen LogP) is 2.71. The third-order valence-electron chi connectivity index (χ3n) is 4.77. The lowest BCUT2D eigenvalue weighted by molar-refractivity contribution is 0.0706. The van der Waals surface area contributed by atoms with Crippen LogP contribution in [-0.4, -0.2) is 39.2 Å². The number of fused-ring (bicyclic) bond motifs is 1. The number of aromatic nitrogens is 3. The zero-order valence-corrected chi connectivity index (χ0v) is 14.5. The number of aryl methyl sites for hydroxylation is 1. The number of nitrogens with zero attached hydrogens (tertiary/aromatic N) is 4. The molecule has 3 heterocycles. The Morgan fingerprint density at radius 1 is 1.26 bits per heavy atom. The summed E-state index contributed by atoms with van der Waals surface area (Å²) in [6.45, 7) is 7.91. The van der Waals surface area contributed by atoms with Crippen LogP contribution in [0.5, 0.6) is 0 Å². The van der Waals surface area contributed by atoms with Crippen LogP contribution in [0.1, 0.15) is 29.1 Å². The second-order valence-electron chi connectivity index (χ2n) is 6.91. The highest BCUT2D eigenvalue weighted by atomic mass is 32.1. The van der Waals surface area contributed by atoms with Gasteiger partial charge < -0.3 is 9.30 Å². The Kier molecular flexibility index (Phi) is 4.46. The van der Waals surface area contributed by atoms with Gasteiger partial charge in [-0.25, -0.2) is 9.97 Å². The van der Waals surface area contributed by atoms with Gasteiger partial charge in [-0.3, -0.25) is 4.90 Å². The molecule has 2 aromatic rings. The van der Waals surface area contributed by atoms with Crippen LogP contribution in [-0.2, 0) is 24.4 Å². The maximum Gasteiger partial charge on any atom is 0.0948 e. The van der Waals surface area contributed by atoms with E-state index in [4.69, 9.17) is 4.74 Å². The summed E-state index contributed by atoms with van der Waals surface area (Å²) >= 11 is 1.76. The van der Waals surface area contributed by atoms with E-state index in [2.05, 4.69) is 26.4 Å². The van der Waals surface area contributed by atoms with Crippen LogP contribution in [0.25, 0.3) is 0 Å². The number of thiazole rings is 1. The summed E-state index contributed by atoms with van der Waals surface area (Å²) in [5, 5.41) is 0. The Hall–Kier alpha value is -1.24. The van der Waals surface area contributed by atoms with Gasteiger partial charge in [-0.1, -0.05) is 0 Å². The van der Waals surface area contributed by atoms with Crippen molar-refractivity contribution in [3.63, 3.8) is 0 Å². The van der Waals surface area contributed by atoms with Crippen LogP contribution in [0, 0.1) is 18.8 Å². The van der Waals surface area contributed by atoms with Crippen LogP contribution in [0.3, 0.4) is 0 Å². The van der Waals surface area contributed by atoms with E-state index in [1.54, 1.807) is 11.3 Å². The van der Waals surface area contributed by atoms with E-state index in [0.717, 1.165) is 51.0 Å². The topological polar surface area (TPSA) is 43.2 Å². The summed E-state index contributed by atoms with van der Waals surface area (Å²) in [5.41, 5.74) is 4.41. The number of imidazole rings is 1. The van der Waals surface area contributed by atoms with Crippen LogP contribution in [0.2, 0.25) is 0 Å². The smallest absolute Gasteiger partial charge is 0.0948 e. The monoisotopic (exact) mass is 332 g/mol. The van der Waals surface area contributed by atoms with Gasteiger partial charge in [0, 0.05) is 49.8 Å². The minimum Gasteiger partial charge on any atom is -0.381 e. The number of rotatable bonds is 6. The zero-order valence-electron chi connectivity index (χ0n) is 13.6. The molecule has 0 spiro atoms. The molecule has 1 unspecified atom stereocenters. The molecule has 0 amide bonds. The van der Waals surface area contributed by atoms with Crippen molar-refractivity contribution < 1.29 is 4.74 Å². The third kappa shape index (κ3) is 3.82. The van der Waals surface area contributed by atoms with Crippen molar-refractivity contribution in [2.45, 2.75) is 39.4 Å². The second-order valence-corrected chi connectivity index (χ2v) is 7.85. The molecule has 1 fully saturated rings. The normalized spacial score (nSPS) is 22.0. The van der Waals surface area contributed by atoms with Crippen molar-refractivity contribution >= 4 is 11.3 Å². The van der Waals surface area contributed by atoms with Crippen molar-refractivity contribution in [2.75, 3.05) is 19.8 Å². The summed E-state index contributed by atoms with van der Waals surface area (Å²) in [4.78, 5) is 12.6. The van der Waals surface area contributed by atoms with Gasteiger partial charge in [-0.2, -0.15) is 0 Å². The standard InChI is InChI=1S/C17H24N4OS/c1-13-17(23-12-19-13)8-20-5-15(10-22-9-14-2-3-14)6-21-11-18-4-16(21)7-20/h4,11-12,14-15H,2-3,5-10H2,1H3. The molecule has 1 aliphatic carbocycles. The minimum atomic E-state index is 0.525. The Labute approximate surface area is 141 Å². The fourth-order valence-electron chi connectivity index (χ4n) is 3.23. The lowest BCUT2D eigenvalue weighted by atomic mass is 10.1. The molecule has 0 aromatic carbocycles. The van der Waals surface area contributed by atoms with Gasteiger partial charge >= 0.3 is 0 Å². The molecule has 2 aliphatic rings. The summed E-state index contributed by atoms with van der Waals surface area (Å²) in [5.74, 6) is 1.36. The van der Waals surface area contributed by atoms with E-state index < -0.39 is 0 Å². The van der Waals surface area contributed by atoms with E-state index in [1.165, 1.54) is 23.4 Å². The van der Waals surface area contributed by atoms with Gasteiger partial charge in [0.15, 0.2) is 0 Å². The Balaban J connectivity index is 1.43. The van der Waals surface area contributed by atoms with Crippen molar-refractivity contribution in [1.82, 2.24) is 19.4 Å². The molecule has 23 heavy (non-hydrogen) atoms. The Bertz CT molecular complexity index is 649. The van der Waals surface area contributed by atoms with Crippen molar-refractivity contribution in [1.29, 1.82) is 0 Å². The van der Waals surface area contributed by atoms with Gasteiger partial charge in [-0.05, 0) is 25.7 Å². The maximum atomic E-state index is 5.98. The third-order valence-corrected chi connectivity index (χ3v) is 5.69. The first-order valence-electron chi connectivity index (χ1n) is 8.46. The maximum absolute atomic E-state index is 5.98. The largest absolute Gasteiger partial charge is 0.381 e. The molecule has 0 bridgehead atoms. The molecule has 2 aromatic heterocycles. The first-order valence-corrected chi connectivity index (χ1v) is 9.34. The van der Waals surface area contributed by atoms with E-state index in [0.29, 0.717) is 5.92 Å². The van der Waals surface area contributed by atoms with Gasteiger partial charge in [0.2, 0.25) is 0 Å². The lowest BCUT2D eigenvalue weighted by Crippen LogP contribution is -2.30. The summed E-state index contributed by atoms with van der Waals surface area (Å²) in [7, 11) is 0. The summed E-state index contributed by atoms with van der Waals surface area (Å²) in [6.07, 6.45) is 6.67. The van der Waals surface area contributed by atoms with Gasteiger partial charge in [0.1, 0.15) is 0 Å². The number of hydrogen-bond donors (Lipinski definition) is 0. The fourth-order valence-corrected chi connectivity index (χ4v) is 4.05. The molecule has 4 rings (SSSR count). The molecule has 0 N–H and O–H groups in total. The van der Waals surface area contributed by atoms with E-state index >= 15 is 0 Å². The molecule has 124 valence electrons. The van der Waals surface area contributed by atoms with Crippen LogP contribution >= 0.6 is 11.3 Å².